The quantitative estimate of drug-likeness (QED) is 0.512. The molecule has 82 valence electrons. The predicted octanol–water partition coefficient (Wildman–Crippen LogP) is 1.55. The highest BCUT2D eigenvalue weighted by Crippen LogP contribution is 2.07. The van der Waals surface area contributed by atoms with Crippen LogP contribution in [0.1, 0.15) is 19.8 Å². The zero-order chi connectivity index (χ0) is 11.6. The van der Waals surface area contributed by atoms with E-state index in [0.29, 0.717) is 6.42 Å². The standard InChI is InChI=1S/C8H14O4.C2H4/c1-6(8(10)12-3)4-5-7(9)11-2;1-2/h6H,4-5H2,1-3H3;1-2H2. The SMILES string of the molecule is C=C.COC(=O)CCC(C)C(=O)OC. The van der Waals surface area contributed by atoms with Gasteiger partial charge in [-0.15, -0.1) is 13.2 Å². The molecule has 0 radical (unpaired) electrons. The average Bonchev–Trinajstić information content (AvgIpc) is 2.26. The lowest BCUT2D eigenvalue weighted by molar-refractivity contribution is -0.146. The number of ether oxygens (including phenoxy) is 2. The van der Waals surface area contributed by atoms with E-state index in [1.165, 1.54) is 14.2 Å². The molecule has 1 atom stereocenters. The highest BCUT2D eigenvalue weighted by atomic mass is 16.5. The van der Waals surface area contributed by atoms with Gasteiger partial charge in [0.1, 0.15) is 0 Å². The molecule has 0 aliphatic heterocycles. The minimum Gasteiger partial charge on any atom is -0.469 e. The first kappa shape index (κ1) is 15.2. The van der Waals surface area contributed by atoms with Gasteiger partial charge in [-0.2, -0.15) is 0 Å². The van der Waals surface area contributed by atoms with Gasteiger partial charge in [0.15, 0.2) is 0 Å². The summed E-state index contributed by atoms with van der Waals surface area (Å²) in [7, 11) is 2.65. The summed E-state index contributed by atoms with van der Waals surface area (Å²) >= 11 is 0. The molecule has 1 unspecified atom stereocenters. The van der Waals surface area contributed by atoms with Crippen molar-refractivity contribution >= 4 is 11.9 Å². The van der Waals surface area contributed by atoms with Crippen molar-refractivity contribution in [2.45, 2.75) is 19.8 Å². The Morgan fingerprint density at radius 3 is 2.07 bits per heavy atom. The van der Waals surface area contributed by atoms with E-state index in [-0.39, 0.29) is 24.3 Å². The van der Waals surface area contributed by atoms with Crippen LogP contribution in [-0.4, -0.2) is 26.2 Å². The fraction of sp³-hybridized carbons (Fsp3) is 0.600. The summed E-state index contributed by atoms with van der Waals surface area (Å²) in [5.74, 6) is -0.834. The largest absolute Gasteiger partial charge is 0.469 e. The van der Waals surface area contributed by atoms with E-state index in [0.717, 1.165) is 0 Å². The van der Waals surface area contributed by atoms with Gasteiger partial charge in [0.25, 0.3) is 0 Å². The lowest BCUT2D eigenvalue weighted by Crippen LogP contribution is -2.14. The van der Waals surface area contributed by atoms with Gasteiger partial charge >= 0.3 is 11.9 Å². The van der Waals surface area contributed by atoms with Crippen molar-refractivity contribution in [3.8, 4) is 0 Å². The lowest BCUT2D eigenvalue weighted by Gasteiger charge is -2.06. The molecule has 0 aromatic carbocycles. The molecule has 0 bridgehead atoms. The lowest BCUT2D eigenvalue weighted by atomic mass is 10.1. The molecule has 0 aliphatic carbocycles. The second kappa shape index (κ2) is 9.77. The van der Waals surface area contributed by atoms with E-state index in [4.69, 9.17) is 0 Å². The van der Waals surface area contributed by atoms with Crippen molar-refractivity contribution in [1.29, 1.82) is 0 Å². The zero-order valence-electron chi connectivity index (χ0n) is 9.04. The van der Waals surface area contributed by atoms with Crippen LogP contribution in [0.15, 0.2) is 13.2 Å². The first-order chi connectivity index (χ1) is 6.61. The third kappa shape index (κ3) is 7.34. The van der Waals surface area contributed by atoms with Crippen LogP contribution in [0, 0.1) is 5.92 Å². The first-order valence-corrected chi connectivity index (χ1v) is 4.26. The monoisotopic (exact) mass is 202 g/mol. The van der Waals surface area contributed by atoms with Gasteiger partial charge in [-0.1, -0.05) is 6.92 Å². The number of carbonyl (C=O) groups excluding carboxylic acids is 2. The van der Waals surface area contributed by atoms with Crippen LogP contribution in [0.5, 0.6) is 0 Å². The molecule has 0 fully saturated rings. The highest BCUT2D eigenvalue weighted by molar-refractivity contribution is 5.74. The van der Waals surface area contributed by atoms with Gasteiger partial charge in [0.2, 0.25) is 0 Å². The van der Waals surface area contributed by atoms with Crippen LogP contribution < -0.4 is 0 Å². The van der Waals surface area contributed by atoms with Crippen molar-refractivity contribution in [3.05, 3.63) is 13.2 Å². The Morgan fingerprint density at radius 2 is 1.71 bits per heavy atom. The molecule has 0 aromatic heterocycles. The van der Waals surface area contributed by atoms with E-state index in [1.807, 2.05) is 0 Å². The van der Waals surface area contributed by atoms with Crippen molar-refractivity contribution in [1.82, 2.24) is 0 Å². The van der Waals surface area contributed by atoms with Crippen molar-refractivity contribution in [2.75, 3.05) is 14.2 Å². The summed E-state index contributed by atoms with van der Waals surface area (Å²) in [6.45, 7) is 7.72. The highest BCUT2D eigenvalue weighted by Gasteiger charge is 2.14. The maximum atomic E-state index is 10.8. The van der Waals surface area contributed by atoms with E-state index in [2.05, 4.69) is 22.6 Å². The molecule has 0 rings (SSSR count). The van der Waals surface area contributed by atoms with Gasteiger partial charge < -0.3 is 9.47 Å². The normalized spacial score (nSPS) is 10.5. The number of hydrogen-bond acceptors (Lipinski definition) is 4. The number of hydrogen-bond donors (Lipinski definition) is 0. The maximum absolute atomic E-state index is 10.8. The van der Waals surface area contributed by atoms with Gasteiger partial charge in [0, 0.05) is 6.42 Å². The van der Waals surface area contributed by atoms with Gasteiger partial charge in [0.05, 0.1) is 20.1 Å². The fourth-order valence-corrected chi connectivity index (χ4v) is 0.755. The zero-order valence-corrected chi connectivity index (χ0v) is 9.04. The molecule has 0 saturated carbocycles. The van der Waals surface area contributed by atoms with E-state index in [9.17, 15) is 9.59 Å². The summed E-state index contributed by atoms with van der Waals surface area (Å²) in [5, 5.41) is 0. The van der Waals surface area contributed by atoms with Crippen molar-refractivity contribution in [2.24, 2.45) is 5.92 Å². The summed E-state index contributed by atoms with van der Waals surface area (Å²) < 4.78 is 8.91. The molecule has 0 N–H and O–H groups in total. The minimum absolute atomic E-state index is 0.242. The molecular weight excluding hydrogens is 184 g/mol. The average molecular weight is 202 g/mol. The van der Waals surface area contributed by atoms with Crippen molar-refractivity contribution < 1.29 is 19.1 Å². The Morgan fingerprint density at radius 1 is 1.21 bits per heavy atom. The van der Waals surface area contributed by atoms with E-state index >= 15 is 0 Å². The number of carbonyl (C=O) groups is 2. The Bertz CT molecular complexity index is 177. The smallest absolute Gasteiger partial charge is 0.308 e. The van der Waals surface area contributed by atoms with Gasteiger partial charge in [-0.3, -0.25) is 9.59 Å². The molecule has 0 spiro atoms. The van der Waals surface area contributed by atoms with Crippen molar-refractivity contribution in [3.63, 3.8) is 0 Å². The summed E-state index contributed by atoms with van der Waals surface area (Å²) in [5.41, 5.74) is 0. The second-order valence-corrected chi connectivity index (χ2v) is 2.54. The van der Waals surface area contributed by atoms with Crippen LogP contribution in [-0.2, 0) is 19.1 Å². The summed E-state index contributed by atoms with van der Waals surface area (Å²) in [6.07, 6.45) is 0.728. The third-order valence-corrected chi connectivity index (χ3v) is 1.61. The molecule has 0 aliphatic rings. The maximum Gasteiger partial charge on any atom is 0.308 e. The van der Waals surface area contributed by atoms with Crippen LogP contribution in [0.2, 0.25) is 0 Å². The molecule has 0 aromatic rings. The Kier molecular flexibility index (Phi) is 10.6. The third-order valence-electron chi connectivity index (χ3n) is 1.61. The molecule has 0 saturated heterocycles. The Labute approximate surface area is 84.9 Å². The van der Waals surface area contributed by atoms with Crippen LogP contribution in [0.4, 0.5) is 0 Å². The minimum atomic E-state index is -0.300. The fourth-order valence-electron chi connectivity index (χ4n) is 0.755. The number of esters is 2. The predicted molar refractivity (Wildman–Crippen MR) is 53.7 cm³/mol. The van der Waals surface area contributed by atoms with E-state index < -0.39 is 0 Å². The Balaban J connectivity index is 0. The molecule has 14 heavy (non-hydrogen) atoms. The topological polar surface area (TPSA) is 52.6 Å². The van der Waals surface area contributed by atoms with Crippen LogP contribution >= 0.6 is 0 Å². The molecule has 0 amide bonds. The summed E-state index contributed by atoms with van der Waals surface area (Å²) in [4.78, 5) is 21.5. The van der Waals surface area contributed by atoms with Crippen LogP contribution in [0.25, 0.3) is 0 Å². The number of methoxy groups -OCH3 is 2. The van der Waals surface area contributed by atoms with Crippen LogP contribution in [0.3, 0.4) is 0 Å². The Hall–Kier alpha value is -1.32. The first-order valence-electron chi connectivity index (χ1n) is 4.26. The molecule has 0 heterocycles. The molecule has 4 heteroatoms. The van der Waals surface area contributed by atoms with Gasteiger partial charge in [-0.25, -0.2) is 0 Å². The number of rotatable bonds is 4. The molecular formula is C10H18O4. The summed E-state index contributed by atoms with van der Waals surface area (Å²) in [6, 6.07) is 0. The molecule has 4 nitrogen and oxygen atoms in total. The van der Waals surface area contributed by atoms with Gasteiger partial charge in [-0.05, 0) is 6.42 Å². The van der Waals surface area contributed by atoms with E-state index in [1.54, 1.807) is 6.92 Å². The second-order valence-electron chi connectivity index (χ2n) is 2.54.